The molecule has 8 heteroatoms. The maximum absolute atomic E-state index is 6.14. The Bertz CT molecular complexity index is 1250. The molecule has 0 unspecified atom stereocenters. The van der Waals surface area contributed by atoms with Crippen LogP contribution in [0, 0.1) is 0 Å². The molecule has 0 aliphatic rings. The zero-order valence-corrected chi connectivity index (χ0v) is 19.4. The van der Waals surface area contributed by atoms with Crippen molar-refractivity contribution >= 4 is 10.9 Å². The van der Waals surface area contributed by atoms with Crippen LogP contribution < -0.4 is 14.2 Å². The lowest BCUT2D eigenvalue weighted by Crippen LogP contribution is -2.09. The Labute approximate surface area is 192 Å². The molecule has 33 heavy (non-hydrogen) atoms. The van der Waals surface area contributed by atoms with Gasteiger partial charge in [-0.15, -0.1) is 0 Å². The van der Waals surface area contributed by atoms with Crippen molar-refractivity contribution in [3.05, 3.63) is 54.6 Å². The number of nitrogens with zero attached hydrogens (tertiary/aromatic N) is 3. The molecule has 0 N–H and O–H groups in total. The van der Waals surface area contributed by atoms with Crippen LogP contribution in [0.15, 0.2) is 53.3 Å². The Kier molecular flexibility index (Phi) is 6.46. The van der Waals surface area contributed by atoms with Crippen LogP contribution in [-0.2, 0) is 10.2 Å². The van der Waals surface area contributed by atoms with Crippen LogP contribution in [0.1, 0.15) is 26.5 Å². The minimum Gasteiger partial charge on any atom is -0.493 e. The summed E-state index contributed by atoms with van der Waals surface area (Å²) in [5.41, 5.74) is 2.19. The van der Waals surface area contributed by atoms with Crippen LogP contribution >= 0.6 is 0 Å². The van der Waals surface area contributed by atoms with Crippen molar-refractivity contribution in [1.29, 1.82) is 0 Å². The first-order chi connectivity index (χ1) is 15.9. The Morgan fingerprint density at radius 1 is 0.939 bits per heavy atom. The standard InChI is InChI=1S/C25H27N3O5/c1-25(2,3)23-14-19(28-33-23)16-7-6-8-17(11-16)32-24-18-12-21(30-5)22(31-10-9-29-4)13-20(18)26-15-27-24/h6-8,11-15H,9-10H2,1-5H3. The SMILES string of the molecule is COCCOc1cc2ncnc(Oc3cccc(-c4cc(C(C)(C)C)on4)c3)c2cc1OC. The van der Waals surface area contributed by atoms with Gasteiger partial charge < -0.3 is 23.5 Å². The van der Waals surface area contributed by atoms with Crippen molar-refractivity contribution in [1.82, 2.24) is 15.1 Å². The van der Waals surface area contributed by atoms with Crippen LogP contribution in [0.2, 0.25) is 0 Å². The number of methoxy groups -OCH3 is 2. The average molecular weight is 450 g/mol. The maximum atomic E-state index is 6.14. The summed E-state index contributed by atoms with van der Waals surface area (Å²) in [4.78, 5) is 8.70. The Morgan fingerprint density at radius 2 is 1.79 bits per heavy atom. The number of aromatic nitrogens is 3. The van der Waals surface area contributed by atoms with E-state index in [0.29, 0.717) is 47.2 Å². The molecule has 0 amide bonds. The highest BCUT2D eigenvalue weighted by atomic mass is 16.5. The first-order valence-electron chi connectivity index (χ1n) is 10.6. The van der Waals surface area contributed by atoms with Gasteiger partial charge in [0.25, 0.3) is 0 Å². The summed E-state index contributed by atoms with van der Waals surface area (Å²) in [6.45, 7) is 7.12. The smallest absolute Gasteiger partial charge is 0.230 e. The number of hydrogen-bond donors (Lipinski definition) is 0. The van der Waals surface area contributed by atoms with Crippen LogP contribution in [0.3, 0.4) is 0 Å². The van der Waals surface area contributed by atoms with Crippen molar-refractivity contribution < 1.29 is 23.5 Å². The number of hydrogen-bond acceptors (Lipinski definition) is 8. The number of fused-ring (bicyclic) bond motifs is 1. The normalized spacial score (nSPS) is 11.5. The van der Waals surface area contributed by atoms with E-state index in [4.69, 9.17) is 23.5 Å². The van der Waals surface area contributed by atoms with Crippen molar-refractivity contribution in [2.45, 2.75) is 26.2 Å². The summed E-state index contributed by atoms with van der Waals surface area (Å²) < 4.78 is 28.0. The number of ether oxygens (including phenoxy) is 4. The highest BCUT2D eigenvalue weighted by Crippen LogP contribution is 2.36. The molecule has 0 fully saturated rings. The van der Waals surface area contributed by atoms with E-state index in [9.17, 15) is 0 Å². The molecule has 172 valence electrons. The zero-order valence-electron chi connectivity index (χ0n) is 19.4. The first-order valence-corrected chi connectivity index (χ1v) is 10.6. The van der Waals surface area contributed by atoms with Gasteiger partial charge in [0.2, 0.25) is 5.88 Å². The minimum atomic E-state index is -0.121. The third kappa shape index (κ3) is 5.06. The molecule has 8 nitrogen and oxygen atoms in total. The Morgan fingerprint density at radius 3 is 2.52 bits per heavy atom. The first kappa shape index (κ1) is 22.5. The van der Waals surface area contributed by atoms with E-state index >= 15 is 0 Å². The quantitative estimate of drug-likeness (QED) is 0.330. The average Bonchev–Trinajstić information content (AvgIpc) is 3.30. The van der Waals surface area contributed by atoms with Crippen LogP contribution in [-0.4, -0.2) is 42.6 Å². The molecule has 4 rings (SSSR count). The van der Waals surface area contributed by atoms with Crippen LogP contribution in [0.5, 0.6) is 23.1 Å². The summed E-state index contributed by atoms with van der Waals surface area (Å²) in [6.07, 6.45) is 1.46. The third-order valence-corrected chi connectivity index (χ3v) is 5.02. The highest BCUT2D eigenvalue weighted by Gasteiger charge is 2.20. The van der Waals surface area contributed by atoms with Crippen molar-refractivity contribution in [2.75, 3.05) is 27.4 Å². The van der Waals surface area contributed by atoms with Gasteiger partial charge in [0.1, 0.15) is 30.1 Å². The van der Waals surface area contributed by atoms with E-state index < -0.39 is 0 Å². The summed E-state index contributed by atoms with van der Waals surface area (Å²) in [5.74, 6) is 2.99. The number of rotatable bonds is 8. The molecular formula is C25H27N3O5. The molecule has 0 saturated heterocycles. The molecule has 0 aliphatic carbocycles. The van der Waals surface area contributed by atoms with Gasteiger partial charge in [0.15, 0.2) is 11.5 Å². The van der Waals surface area contributed by atoms with Crippen LogP contribution in [0.25, 0.3) is 22.2 Å². The molecule has 0 atom stereocenters. The van der Waals surface area contributed by atoms with Crippen molar-refractivity contribution in [2.24, 2.45) is 0 Å². The minimum absolute atomic E-state index is 0.121. The van der Waals surface area contributed by atoms with Gasteiger partial charge in [0.05, 0.1) is 24.6 Å². The third-order valence-electron chi connectivity index (χ3n) is 5.02. The van der Waals surface area contributed by atoms with E-state index in [1.807, 2.05) is 36.4 Å². The van der Waals surface area contributed by atoms with E-state index in [2.05, 4.69) is 35.9 Å². The lowest BCUT2D eigenvalue weighted by atomic mass is 9.93. The van der Waals surface area contributed by atoms with Gasteiger partial charge in [-0.2, -0.15) is 0 Å². The molecule has 4 aromatic rings. The monoisotopic (exact) mass is 449 g/mol. The topological polar surface area (TPSA) is 88.7 Å². The predicted molar refractivity (Wildman–Crippen MR) is 124 cm³/mol. The van der Waals surface area contributed by atoms with E-state index in [1.54, 1.807) is 20.3 Å². The Hall–Kier alpha value is -3.65. The molecular weight excluding hydrogens is 422 g/mol. The fraction of sp³-hybridized carbons (Fsp3) is 0.320. The summed E-state index contributed by atoms with van der Waals surface area (Å²) in [6, 6.07) is 13.2. The maximum Gasteiger partial charge on any atom is 0.230 e. The molecule has 0 spiro atoms. The summed E-state index contributed by atoms with van der Waals surface area (Å²) in [5, 5.41) is 4.92. The molecule has 0 saturated carbocycles. The second kappa shape index (κ2) is 9.46. The molecule has 0 aliphatic heterocycles. The molecule has 2 aromatic heterocycles. The molecule has 2 aromatic carbocycles. The zero-order chi connectivity index (χ0) is 23.4. The van der Waals surface area contributed by atoms with E-state index in [1.165, 1.54) is 6.33 Å². The Balaban J connectivity index is 1.64. The van der Waals surface area contributed by atoms with E-state index in [0.717, 1.165) is 17.0 Å². The summed E-state index contributed by atoms with van der Waals surface area (Å²) >= 11 is 0. The second-order valence-corrected chi connectivity index (χ2v) is 8.50. The van der Waals surface area contributed by atoms with Gasteiger partial charge in [-0.25, -0.2) is 9.97 Å². The predicted octanol–water partition coefficient (Wildman–Crippen LogP) is 5.41. The van der Waals surface area contributed by atoms with Gasteiger partial charge in [-0.1, -0.05) is 38.1 Å². The van der Waals surface area contributed by atoms with E-state index in [-0.39, 0.29) is 5.41 Å². The van der Waals surface area contributed by atoms with Gasteiger partial charge >= 0.3 is 0 Å². The lowest BCUT2D eigenvalue weighted by molar-refractivity contribution is 0.144. The van der Waals surface area contributed by atoms with Gasteiger partial charge in [-0.05, 0) is 18.2 Å². The van der Waals surface area contributed by atoms with Gasteiger partial charge in [-0.3, -0.25) is 0 Å². The lowest BCUT2D eigenvalue weighted by Gasteiger charge is -2.13. The summed E-state index contributed by atoms with van der Waals surface area (Å²) in [7, 11) is 3.21. The van der Waals surface area contributed by atoms with Gasteiger partial charge in [0, 0.05) is 30.2 Å². The molecule has 2 heterocycles. The largest absolute Gasteiger partial charge is 0.493 e. The molecule has 0 radical (unpaired) electrons. The number of benzene rings is 2. The second-order valence-electron chi connectivity index (χ2n) is 8.50. The van der Waals surface area contributed by atoms with Crippen molar-refractivity contribution in [3.63, 3.8) is 0 Å². The van der Waals surface area contributed by atoms with Crippen molar-refractivity contribution in [3.8, 4) is 34.4 Å². The van der Waals surface area contributed by atoms with Crippen LogP contribution in [0.4, 0.5) is 0 Å². The molecule has 0 bridgehead atoms. The fourth-order valence-corrected chi connectivity index (χ4v) is 3.22. The fourth-order valence-electron chi connectivity index (χ4n) is 3.22. The highest BCUT2D eigenvalue weighted by molar-refractivity contribution is 5.87.